The zero-order valence-electron chi connectivity index (χ0n) is 12.4. The second-order valence-corrected chi connectivity index (χ2v) is 6.61. The normalized spacial score (nSPS) is 26.0. The molecule has 0 aliphatic carbocycles. The summed E-state index contributed by atoms with van der Waals surface area (Å²) < 4.78 is 0. The van der Waals surface area contributed by atoms with Crippen molar-refractivity contribution in [3.05, 3.63) is 0 Å². The zero-order chi connectivity index (χ0) is 14.4. The Morgan fingerprint density at radius 1 is 1.42 bits per heavy atom. The molecule has 19 heavy (non-hydrogen) atoms. The molecule has 2 amide bonds. The van der Waals surface area contributed by atoms with Crippen molar-refractivity contribution in [3.63, 3.8) is 0 Å². The fourth-order valence-electron chi connectivity index (χ4n) is 2.33. The molecular formula is C14H26N2O2S. The van der Waals surface area contributed by atoms with Crippen molar-refractivity contribution in [3.8, 4) is 0 Å². The first-order chi connectivity index (χ1) is 9.01. The van der Waals surface area contributed by atoms with Gasteiger partial charge in [0.05, 0.1) is 0 Å². The molecule has 3 atom stereocenters. The summed E-state index contributed by atoms with van der Waals surface area (Å²) >= 11 is 1.83. The van der Waals surface area contributed by atoms with Gasteiger partial charge in [-0.3, -0.25) is 9.59 Å². The van der Waals surface area contributed by atoms with Gasteiger partial charge in [0.15, 0.2) is 0 Å². The average Bonchev–Trinajstić information content (AvgIpc) is 2.48. The molecule has 0 aromatic rings. The van der Waals surface area contributed by atoms with E-state index in [-0.39, 0.29) is 29.8 Å². The molecule has 0 bridgehead atoms. The molecule has 1 heterocycles. The maximum Gasteiger partial charge on any atom is 0.245 e. The van der Waals surface area contributed by atoms with E-state index in [1.807, 2.05) is 30.5 Å². The number of carbonyl (C=O) groups is 2. The van der Waals surface area contributed by atoms with Crippen LogP contribution >= 0.6 is 11.8 Å². The number of thioether (sulfide) groups is 1. The maximum absolute atomic E-state index is 12.6. The van der Waals surface area contributed by atoms with Crippen LogP contribution < -0.4 is 5.32 Å². The van der Waals surface area contributed by atoms with Gasteiger partial charge in [-0.2, -0.15) is 11.8 Å². The zero-order valence-corrected chi connectivity index (χ0v) is 13.3. The molecule has 110 valence electrons. The highest BCUT2D eigenvalue weighted by molar-refractivity contribution is 7.99. The number of hydrogen-bond acceptors (Lipinski definition) is 3. The fraction of sp³-hybridized carbons (Fsp3) is 0.857. The molecular weight excluding hydrogens is 260 g/mol. The van der Waals surface area contributed by atoms with Gasteiger partial charge in [0.25, 0.3) is 0 Å². The summed E-state index contributed by atoms with van der Waals surface area (Å²) in [7, 11) is 0. The second-order valence-electron chi connectivity index (χ2n) is 5.21. The van der Waals surface area contributed by atoms with Crippen molar-refractivity contribution in [1.29, 1.82) is 0 Å². The Hall–Kier alpha value is -0.710. The highest BCUT2D eigenvalue weighted by Gasteiger charge is 2.35. The predicted molar refractivity (Wildman–Crippen MR) is 80.2 cm³/mol. The van der Waals surface area contributed by atoms with Gasteiger partial charge >= 0.3 is 0 Å². The van der Waals surface area contributed by atoms with Crippen molar-refractivity contribution in [1.82, 2.24) is 10.2 Å². The molecule has 1 fully saturated rings. The Labute approximate surface area is 120 Å². The molecule has 1 N–H and O–H groups in total. The first kappa shape index (κ1) is 16.3. The smallest absolute Gasteiger partial charge is 0.245 e. The quantitative estimate of drug-likeness (QED) is 0.759. The Morgan fingerprint density at radius 2 is 2.11 bits per heavy atom. The molecule has 1 aliphatic heterocycles. The first-order valence-electron chi connectivity index (χ1n) is 7.18. The lowest BCUT2D eigenvalue weighted by molar-refractivity contribution is -0.135. The average molecular weight is 286 g/mol. The van der Waals surface area contributed by atoms with Crippen LogP contribution in [-0.2, 0) is 9.59 Å². The standard InChI is InChI=1S/C14H26N2O2S/c1-5-10(3)13-14(18)16(7-8-19-6-2)11(4)9-12(17)15-13/h10-11,13H,5-9H2,1-4H3,(H,15,17). The third-order valence-corrected chi connectivity index (χ3v) is 4.65. The molecule has 1 aliphatic rings. The lowest BCUT2D eigenvalue weighted by Crippen LogP contribution is -2.50. The Bertz CT molecular complexity index is 323. The van der Waals surface area contributed by atoms with Crippen molar-refractivity contribution in [2.45, 2.75) is 52.6 Å². The van der Waals surface area contributed by atoms with Crippen LogP contribution in [0.2, 0.25) is 0 Å². The fourth-order valence-corrected chi connectivity index (χ4v) is 2.94. The minimum atomic E-state index is -0.353. The van der Waals surface area contributed by atoms with Crippen molar-refractivity contribution < 1.29 is 9.59 Å². The van der Waals surface area contributed by atoms with E-state index in [2.05, 4.69) is 19.2 Å². The molecule has 0 radical (unpaired) electrons. The summed E-state index contributed by atoms with van der Waals surface area (Å²) in [6, 6.07) is -0.354. The molecule has 0 spiro atoms. The van der Waals surface area contributed by atoms with Crippen LogP contribution in [0.4, 0.5) is 0 Å². The van der Waals surface area contributed by atoms with Crippen LogP contribution in [-0.4, -0.2) is 46.8 Å². The summed E-state index contributed by atoms with van der Waals surface area (Å²) in [5.41, 5.74) is 0. The van der Waals surface area contributed by atoms with Gasteiger partial charge in [-0.15, -0.1) is 0 Å². The first-order valence-corrected chi connectivity index (χ1v) is 8.34. The second kappa shape index (κ2) is 7.78. The van der Waals surface area contributed by atoms with E-state index in [0.717, 1.165) is 24.5 Å². The van der Waals surface area contributed by atoms with Gasteiger partial charge in [0.1, 0.15) is 6.04 Å². The van der Waals surface area contributed by atoms with E-state index in [0.29, 0.717) is 6.42 Å². The van der Waals surface area contributed by atoms with Crippen LogP contribution in [0, 0.1) is 5.92 Å². The summed E-state index contributed by atoms with van der Waals surface area (Å²) in [5, 5.41) is 2.89. The van der Waals surface area contributed by atoms with Crippen LogP contribution in [0.15, 0.2) is 0 Å². The number of amides is 2. The molecule has 0 aromatic heterocycles. The Morgan fingerprint density at radius 3 is 2.68 bits per heavy atom. The number of rotatable bonds is 6. The monoisotopic (exact) mass is 286 g/mol. The van der Waals surface area contributed by atoms with Crippen molar-refractivity contribution >= 4 is 23.6 Å². The molecule has 3 unspecified atom stereocenters. The summed E-state index contributed by atoms with van der Waals surface area (Å²) in [6.45, 7) is 8.90. The third kappa shape index (κ3) is 4.41. The van der Waals surface area contributed by atoms with Crippen LogP contribution in [0.5, 0.6) is 0 Å². The maximum atomic E-state index is 12.6. The van der Waals surface area contributed by atoms with Crippen LogP contribution in [0.25, 0.3) is 0 Å². The number of nitrogens with zero attached hydrogens (tertiary/aromatic N) is 1. The molecule has 4 nitrogen and oxygen atoms in total. The third-order valence-electron chi connectivity index (χ3n) is 3.77. The van der Waals surface area contributed by atoms with Gasteiger partial charge in [0.2, 0.25) is 11.8 Å². The molecule has 5 heteroatoms. The van der Waals surface area contributed by atoms with Gasteiger partial charge in [0, 0.05) is 24.8 Å². The number of carbonyl (C=O) groups excluding carboxylic acids is 2. The molecule has 1 saturated heterocycles. The van der Waals surface area contributed by atoms with Crippen LogP contribution in [0.3, 0.4) is 0 Å². The van der Waals surface area contributed by atoms with E-state index in [1.165, 1.54) is 0 Å². The SMILES string of the molecule is CCSCCN1C(=O)C(C(C)CC)NC(=O)CC1C. The minimum absolute atomic E-state index is 0.000915. The minimum Gasteiger partial charge on any atom is -0.344 e. The Balaban J connectivity index is 2.80. The summed E-state index contributed by atoms with van der Waals surface area (Å²) in [6.07, 6.45) is 1.30. The number of hydrogen-bond donors (Lipinski definition) is 1. The van der Waals surface area contributed by atoms with E-state index >= 15 is 0 Å². The van der Waals surface area contributed by atoms with E-state index in [4.69, 9.17) is 0 Å². The van der Waals surface area contributed by atoms with Gasteiger partial charge in [-0.1, -0.05) is 27.2 Å². The Kier molecular flexibility index (Phi) is 6.69. The number of nitrogens with one attached hydrogen (secondary N) is 1. The van der Waals surface area contributed by atoms with E-state index < -0.39 is 0 Å². The lowest BCUT2D eigenvalue weighted by atomic mass is 9.98. The molecule has 1 rings (SSSR count). The topological polar surface area (TPSA) is 49.4 Å². The highest BCUT2D eigenvalue weighted by atomic mass is 32.2. The van der Waals surface area contributed by atoms with Crippen molar-refractivity contribution in [2.75, 3.05) is 18.1 Å². The lowest BCUT2D eigenvalue weighted by Gasteiger charge is -2.30. The van der Waals surface area contributed by atoms with Crippen molar-refractivity contribution in [2.24, 2.45) is 5.92 Å². The highest BCUT2D eigenvalue weighted by Crippen LogP contribution is 2.18. The van der Waals surface area contributed by atoms with Gasteiger partial charge < -0.3 is 10.2 Å². The molecule has 0 aromatic carbocycles. The van der Waals surface area contributed by atoms with Gasteiger partial charge in [-0.25, -0.2) is 0 Å². The predicted octanol–water partition coefficient (Wildman–Crippen LogP) is 1.89. The van der Waals surface area contributed by atoms with Gasteiger partial charge in [-0.05, 0) is 18.6 Å². The van der Waals surface area contributed by atoms with E-state index in [1.54, 1.807) is 0 Å². The molecule has 0 saturated carbocycles. The van der Waals surface area contributed by atoms with Crippen LogP contribution in [0.1, 0.15) is 40.5 Å². The summed E-state index contributed by atoms with van der Waals surface area (Å²) in [5.74, 6) is 2.26. The summed E-state index contributed by atoms with van der Waals surface area (Å²) in [4.78, 5) is 26.3. The largest absolute Gasteiger partial charge is 0.344 e. The van der Waals surface area contributed by atoms with E-state index in [9.17, 15) is 9.59 Å².